The molecule has 25 heavy (non-hydrogen) atoms. The molecule has 128 valence electrons. The average molecular weight is 355 g/mol. The Hall–Kier alpha value is -2.93. The zero-order valence-corrected chi connectivity index (χ0v) is 14.5. The molecule has 6 nitrogen and oxygen atoms in total. The predicted octanol–water partition coefficient (Wildman–Crippen LogP) is 3.02. The Morgan fingerprint density at radius 2 is 1.96 bits per heavy atom. The molecular weight excluding hydrogens is 338 g/mol. The Morgan fingerprint density at radius 3 is 2.60 bits per heavy atom. The molecule has 0 unspecified atom stereocenters. The average Bonchev–Trinajstić information content (AvgIpc) is 3.20. The van der Waals surface area contributed by atoms with Crippen LogP contribution in [0.15, 0.2) is 53.9 Å². The molecule has 0 bridgehead atoms. The van der Waals surface area contributed by atoms with Gasteiger partial charge in [-0.1, -0.05) is 6.07 Å². The van der Waals surface area contributed by atoms with Crippen LogP contribution in [0.1, 0.15) is 10.4 Å². The van der Waals surface area contributed by atoms with Gasteiger partial charge in [0, 0.05) is 11.6 Å². The number of ether oxygens (including phenoxy) is 2. The molecule has 3 rings (SSSR count). The number of aromatic nitrogens is 2. The topological polar surface area (TPSA) is 73.3 Å². The first-order valence-electron chi connectivity index (χ1n) is 7.69. The number of hydrogen-bond acceptors (Lipinski definition) is 6. The molecule has 0 aliphatic heterocycles. The van der Waals surface area contributed by atoms with E-state index in [1.54, 1.807) is 48.8 Å². The van der Waals surface area contributed by atoms with Crippen LogP contribution in [-0.4, -0.2) is 36.4 Å². The van der Waals surface area contributed by atoms with E-state index in [4.69, 9.17) is 9.47 Å². The third-order valence-electron chi connectivity index (χ3n) is 3.40. The smallest absolute Gasteiger partial charge is 0.251 e. The molecule has 1 aromatic carbocycles. The number of thiophene rings is 1. The summed E-state index contributed by atoms with van der Waals surface area (Å²) in [6, 6.07) is 14.5. The maximum Gasteiger partial charge on any atom is 0.251 e. The molecule has 0 aliphatic rings. The maximum absolute atomic E-state index is 12.0. The van der Waals surface area contributed by atoms with Crippen LogP contribution in [0, 0.1) is 0 Å². The Morgan fingerprint density at radius 1 is 1.12 bits per heavy atom. The summed E-state index contributed by atoms with van der Waals surface area (Å²) in [5, 5.41) is 13.0. The highest BCUT2D eigenvalue weighted by Gasteiger charge is 2.06. The van der Waals surface area contributed by atoms with Gasteiger partial charge in [0.05, 0.1) is 18.5 Å². The van der Waals surface area contributed by atoms with Gasteiger partial charge in [0.1, 0.15) is 18.1 Å². The first-order chi connectivity index (χ1) is 12.3. The number of nitrogens with zero attached hydrogens (tertiary/aromatic N) is 2. The molecule has 0 saturated heterocycles. The van der Waals surface area contributed by atoms with Gasteiger partial charge in [-0.2, -0.15) is 0 Å². The molecular formula is C18H17N3O3S. The summed E-state index contributed by atoms with van der Waals surface area (Å²) >= 11 is 1.61. The fourth-order valence-corrected chi connectivity index (χ4v) is 2.81. The minimum Gasteiger partial charge on any atom is -0.497 e. The van der Waals surface area contributed by atoms with Gasteiger partial charge in [0.25, 0.3) is 5.91 Å². The van der Waals surface area contributed by atoms with Crippen molar-refractivity contribution in [2.24, 2.45) is 0 Å². The van der Waals surface area contributed by atoms with Crippen molar-refractivity contribution in [3.8, 4) is 22.2 Å². The van der Waals surface area contributed by atoms with Gasteiger partial charge in [0.2, 0.25) is 5.88 Å². The van der Waals surface area contributed by atoms with Crippen molar-refractivity contribution in [2.75, 3.05) is 20.3 Å². The van der Waals surface area contributed by atoms with Crippen LogP contribution in [-0.2, 0) is 0 Å². The maximum atomic E-state index is 12.0. The van der Waals surface area contributed by atoms with E-state index in [0.29, 0.717) is 30.3 Å². The standard InChI is InChI=1S/C18H17N3O3S/c1-23-14-6-4-13(5-7-14)18(22)19-10-11-24-17-9-8-15(20-21-17)16-3-2-12-25-16/h2-9,12H,10-11H2,1H3,(H,19,22). The Labute approximate surface area is 149 Å². The highest BCUT2D eigenvalue weighted by atomic mass is 32.1. The Kier molecular flexibility index (Phi) is 5.58. The van der Waals surface area contributed by atoms with Crippen molar-refractivity contribution in [1.82, 2.24) is 15.5 Å². The van der Waals surface area contributed by atoms with Crippen molar-refractivity contribution in [1.29, 1.82) is 0 Å². The number of rotatable bonds is 7. The minimum atomic E-state index is -0.162. The quantitative estimate of drug-likeness (QED) is 0.660. The number of methoxy groups -OCH3 is 1. The van der Waals surface area contributed by atoms with E-state index in [2.05, 4.69) is 15.5 Å². The number of nitrogens with one attached hydrogen (secondary N) is 1. The van der Waals surface area contributed by atoms with E-state index in [1.165, 1.54) is 0 Å². The van der Waals surface area contributed by atoms with Crippen LogP contribution in [0.3, 0.4) is 0 Å². The van der Waals surface area contributed by atoms with Gasteiger partial charge in [-0.15, -0.1) is 21.5 Å². The Bertz CT molecular complexity index is 803. The van der Waals surface area contributed by atoms with Crippen LogP contribution in [0.2, 0.25) is 0 Å². The first kappa shape index (κ1) is 16.9. The first-order valence-corrected chi connectivity index (χ1v) is 8.57. The van der Waals surface area contributed by atoms with Gasteiger partial charge in [-0.3, -0.25) is 4.79 Å². The van der Waals surface area contributed by atoms with Gasteiger partial charge in [0.15, 0.2) is 0 Å². The molecule has 3 aromatic rings. The lowest BCUT2D eigenvalue weighted by Crippen LogP contribution is -2.28. The zero-order chi connectivity index (χ0) is 17.5. The summed E-state index contributed by atoms with van der Waals surface area (Å²) in [7, 11) is 1.59. The number of carbonyl (C=O) groups is 1. The Balaban J connectivity index is 1.44. The molecule has 7 heteroatoms. The predicted molar refractivity (Wildman–Crippen MR) is 96.2 cm³/mol. The highest BCUT2D eigenvalue weighted by Crippen LogP contribution is 2.22. The molecule has 0 radical (unpaired) electrons. The monoisotopic (exact) mass is 355 g/mol. The summed E-state index contributed by atoms with van der Waals surface area (Å²) in [6.45, 7) is 0.689. The molecule has 2 aromatic heterocycles. The second-order valence-corrected chi connectivity index (χ2v) is 6.01. The van der Waals surface area contributed by atoms with Crippen molar-refractivity contribution in [2.45, 2.75) is 0 Å². The lowest BCUT2D eigenvalue weighted by Gasteiger charge is -2.07. The largest absolute Gasteiger partial charge is 0.497 e. The second-order valence-electron chi connectivity index (χ2n) is 5.07. The van der Waals surface area contributed by atoms with Crippen molar-refractivity contribution in [3.05, 3.63) is 59.5 Å². The third kappa shape index (κ3) is 4.54. The van der Waals surface area contributed by atoms with Crippen molar-refractivity contribution in [3.63, 3.8) is 0 Å². The molecule has 2 heterocycles. The van der Waals surface area contributed by atoms with E-state index in [9.17, 15) is 4.79 Å². The summed E-state index contributed by atoms with van der Waals surface area (Å²) in [6.07, 6.45) is 0. The number of hydrogen-bond donors (Lipinski definition) is 1. The SMILES string of the molecule is COc1ccc(C(=O)NCCOc2ccc(-c3cccs3)nn2)cc1. The summed E-state index contributed by atoms with van der Waals surface area (Å²) in [5.74, 6) is 0.980. The van der Waals surface area contributed by atoms with Crippen LogP contribution in [0.5, 0.6) is 11.6 Å². The van der Waals surface area contributed by atoms with Crippen LogP contribution >= 0.6 is 11.3 Å². The normalized spacial score (nSPS) is 10.3. The van der Waals surface area contributed by atoms with Gasteiger partial charge >= 0.3 is 0 Å². The van der Waals surface area contributed by atoms with E-state index < -0.39 is 0 Å². The number of carbonyl (C=O) groups excluding carboxylic acids is 1. The fourth-order valence-electron chi connectivity index (χ4n) is 2.12. The molecule has 1 amide bonds. The van der Waals surface area contributed by atoms with E-state index in [1.807, 2.05) is 23.6 Å². The van der Waals surface area contributed by atoms with Gasteiger partial charge in [-0.05, 0) is 41.8 Å². The third-order valence-corrected chi connectivity index (χ3v) is 4.30. The lowest BCUT2D eigenvalue weighted by molar-refractivity contribution is 0.0946. The molecule has 0 saturated carbocycles. The summed E-state index contributed by atoms with van der Waals surface area (Å²) in [4.78, 5) is 13.1. The fraction of sp³-hybridized carbons (Fsp3) is 0.167. The lowest BCUT2D eigenvalue weighted by atomic mass is 10.2. The molecule has 0 aliphatic carbocycles. The van der Waals surface area contributed by atoms with E-state index >= 15 is 0 Å². The molecule has 0 atom stereocenters. The highest BCUT2D eigenvalue weighted by molar-refractivity contribution is 7.13. The molecule has 1 N–H and O–H groups in total. The van der Waals surface area contributed by atoms with E-state index in [-0.39, 0.29) is 5.91 Å². The van der Waals surface area contributed by atoms with Crippen molar-refractivity contribution >= 4 is 17.2 Å². The van der Waals surface area contributed by atoms with Gasteiger partial charge in [-0.25, -0.2) is 0 Å². The van der Waals surface area contributed by atoms with Crippen LogP contribution in [0.4, 0.5) is 0 Å². The summed E-state index contributed by atoms with van der Waals surface area (Å²) in [5.41, 5.74) is 1.39. The number of amides is 1. The van der Waals surface area contributed by atoms with Crippen molar-refractivity contribution < 1.29 is 14.3 Å². The molecule has 0 spiro atoms. The minimum absolute atomic E-state index is 0.162. The zero-order valence-electron chi connectivity index (χ0n) is 13.6. The summed E-state index contributed by atoms with van der Waals surface area (Å²) < 4.78 is 10.6. The van der Waals surface area contributed by atoms with E-state index in [0.717, 1.165) is 10.6 Å². The second kappa shape index (κ2) is 8.25. The number of benzene rings is 1. The molecule has 0 fully saturated rings. The van der Waals surface area contributed by atoms with Gasteiger partial charge < -0.3 is 14.8 Å². The van der Waals surface area contributed by atoms with Crippen LogP contribution in [0.25, 0.3) is 10.6 Å². The van der Waals surface area contributed by atoms with Crippen LogP contribution < -0.4 is 14.8 Å².